The van der Waals surface area contributed by atoms with Gasteiger partial charge in [0.25, 0.3) is 0 Å². The summed E-state index contributed by atoms with van der Waals surface area (Å²) in [5, 5.41) is 0. The number of benzene rings is 1. The van der Waals surface area contributed by atoms with Gasteiger partial charge in [0.1, 0.15) is 6.04 Å². The van der Waals surface area contributed by atoms with Crippen LogP contribution in [0.4, 0.5) is 0 Å². The number of amides is 1. The summed E-state index contributed by atoms with van der Waals surface area (Å²) in [6.45, 7) is 3.82. The van der Waals surface area contributed by atoms with Crippen molar-refractivity contribution >= 4 is 11.9 Å². The van der Waals surface area contributed by atoms with Gasteiger partial charge in [-0.2, -0.15) is 0 Å². The fourth-order valence-corrected chi connectivity index (χ4v) is 1.87. The molecule has 0 aliphatic heterocycles. The number of ether oxygens (including phenoxy) is 1. The van der Waals surface area contributed by atoms with Gasteiger partial charge in [0, 0.05) is 6.54 Å². The molecule has 0 saturated heterocycles. The molecule has 5 heteroatoms. The lowest BCUT2D eigenvalue weighted by Gasteiger charge is -2.29. The van der Waals surface area contributed by atoms with E-state index in [4.69, 9.17) is 10.5 Å². The summed E-state index contributed by atoms with van der Waals surface area (Å²) in [5.74, 6) is -0.688. The van der Waals surface area contributed by atoms with E-state index in [-0.39, 0.29) is 5.91 Å². The molecule has 0 spiro atoms. The smallest absolute Gasteiger partial charge is 0.328 e. The van der Waals surface area contributed by atoms with Gasteiger partial charge in [0.05, 0.1) is 13.2 Å². The number of nitrogens with zero attached hydrogens (tertiary/aromatic N) is 1. The maximum atomic E-state index is 12.3. The van der Waals surface area contributed by atoms with Crippen LogP contribution in [0, 0.1) is 0 Å². The van der Waals surface area contributed by atoms with Crippen LogP contribution in [-0.2, 0) is 20.9 Å². The highest BCUT2D eigenvalue weighted by Gasteiger charge is 2.29. The molecule has 1 aromatic rings. The number of methoxy groups -OCH3 is 1. The van der Waals surface area contributed by atoms with Crippen molar-refractivity contribution in [2.45, 2.75) is 38.9 Å². The molecule has 0 aliphatic carbocycles. The first kappa shape index (κ1) is 16.2. The molecular weight excluding hydrogens is 256 g/mol. The first-order chi connectivity index (χ1) is 9.51. The van der Waals surface area contributed by atoms with Crippen LogP contribution in [0.3, 0.4) is 0 Å². The minimum Gasteiger partial charge on any atom is -0.467 e. The molecule has 1 amide bonds. The molecule has 5 nitrogen and oxygen atoms in total. The van der Waals surface area contributed by atoms with E-state index in [2.05, 4.69) is 0 Å². The fourth-order valence-electron chi connectivity index (χ4n) is 1.87. The second kappa shape index (κ2) is 7.65. The number of carbonyl (C=O) groups excluding carboxylic acids is 2. The molecule has 0 unspecified atom stereocenters. The summed E-state index contributed by atoms with van der Waals surface area (Å²) < 4.78 is 4.72. The molecule has 0 aromatic heterocycles. The van der Waals surface area contributed by atoms with Gasteiger partial charge >= 0.3 is 5.97 Å². The minimum atomic E-state index is -0.662. The van der Waals surface area contributed by atoms with E-state index < -0.39 is 18.1 Å². The predicted octanol–water partition coefficient (Wildman–Crippen LogP) is 1.31. The Labute approximate surface area is 119 Å². The average molecular weight is 278 g/mol. The summed E-state index contributed by atoms with van der Waals surface area (Å²) in [6, 6.07) is 8.22. The van der Waals surface area contributed by atoms with Crippen molar-refractivity contribution in [3.05, 3.63) is 35.9 Å². The Bertz CT molecular complexity index is 448. The quantitative estimate of drug-likeness (QED) is 0.796. The van der Waals surface area contributed by atoms with Crippen molar-refractivity contribution in [2.24, 2.45) is 5.73 Å². The standard InChI is InChI=1S/C15H22N2O3/c1-4-13(16)14(18)17(11(2)15(19)20-3)10-12-8-6-5-7-9-12/h5-9,11,13H,4,10,16H2,1-3H3/t11-,13+/m0/s1. The van der Waals surface area contributed by atoms with Crippen molar-refractivity contribution in [2.75, 3.05) is 7.11 Å². The van der Waals surface area contributed by atoms with Gasteiger partial charge in [-0.1, -0.05) is 37.3 Å². The zero-order chi connectivity index (χ0) is 15.1. The first-order valence-corrected chi connectivity index (χ1v) is 6.69. The topological polar surface area (TPSA) is 72.6 Å². The second-order valence-electron chi connectivity index (χ2n) is 4.67. The van der Waals surface area contributed by atoms with E-state index in [0.717, 1.165) is 5.56 Å². The van der Waals surface area contributed by atoms with Crippen molar-refractivity contribution in [3.8, 4) is 0 Å². The Morgan fingerprint density at radius 2 is 1.90 bits per heavy atom. The third-order valence-corrected chi connectivity index (χ3v) is 3.25. The highest BCUT2D eigenvalue weighted by Crippen LogP contribution is 2.12. The Morgan fingerprint density at radius 3 is 2.40 bits per heavy atom. The average Bonchev–Trinajstić information content (AvgIpc) is 2.50. The number of carbonyl (C=O) groups is 2. The summed E-state index contributed by atoms with van der Waals surface area (Å²) in [5.41, 5.74) is 6.75. The molecule has 1 rings (SSSR count). The van der Waals surface area contributed by atoms with Crippen LogP contribution in [0.2, 0.25) is 0 Å². The predicted molar refractivity (Wildman–Crippen MR) is 76.7 cm³/mol. The van der Waals surface area contributed by atoms with Crippen LogP contribution in [0.1, 0.15) is 25.8 Å². The Kier molecular flexibility index (Phi) is 6.18. The summed E-state index contributed by atoms with van der Waals surface area (Å²) in [6.07, 6.45) is 0.526. The molecule has 0 aliphatic rings. The van der Waals surface area contributed by atoms with Gasteiger partial charge in [-0.15, -0.1) is 0 Å². The normalized spacial score (nSPS) is 13.4. The lowest BCUT2D eigenvalue weighted by molar-refractivity contribution is -0.153. The monoisotopic (exact) mass is 278 g/mol. The van der Waals surface area contributed by atoms with Crippen LogP contribution in [0.25, 0.3) is 0 Å². The van der Waals surface area contributed by atoms with Gasteiger partial charge in [-0.05, 0) is 18.9 Å². The minimum absolute atomic E-state index is 0.241. The maximum Gasteiger partial charge on any atom is 0.328 e. The Hall–Kier alpha value is -1.88. The number of esters is 1. The molecular formula is C15H22N2O3. The largest absolute Gasteiger partial charge is 0.467 e. The molecule has 0 heterocycles. The summed E-state index contributed by atoms with van der Waals surface area (Å²) >= 11 is 0. The SMILES string of the molecule is CC[C@@H](N)C(=O)N(Cc1ccccc1)[C@@H](C)C(=O)OC. The number of nitrogens with two attached hydrogens (primary N) is 1. The third kappa shape index (κ3) is 4.06. The number of hydrogen-bond acceptors (Lipinski definition) is 4. The molecule has 2 N–H and O–H groups in total. The van der Waals surface area contributed by atoms with Crippen LogP contribution < -0.4 is 5.73 Å². The van der Waals surface area contributed by atoms with Gasteiger partial charge < -0.3 is 15.4 Å². The lowest BCUT2D eigenvalue weighted by Crippen LogP contribution is -2.50. The van der Waals surface area contributed by atoms with E-state index in [9.17, 15) is 9.59 Å². The van der Waals surface area contributed by atoms with Crippen LogP contribution in [-0.4, -0.2) is 36.0 Å². The van der Waals surface area contributed by atoms with E-state index in [0.29, 0.717) is 13.0 Å². The number of hydrogen-bond donors (Lipinski definition) is 1. The molecule has 1 aromatic carbocycles. The molecule has 0 bridgehead atoms. The summed E-state index contributed by atoms with van der Waals surface area (Å²) in [4.78, 5) is 25.5. The number of rotatable bonds is 6. The maximum absolute atomic E-state index is 12.3. The van der Waals surface area contributed by atoms with Crippen molar-refractivity contribution in [1.82, 2.24) is 4.90 Å². The van der Waals surface area contributed by atoms with Gasteiger partial charge in [-0.3, -0.25) is 4.79 Å². The van der Waals surface area contributed by atoms with Gasteiger partial charge in [0.15, 0.2) is 0 Å². The fraction of sp³-hybridized carbons (Fsp3) is 0.467. The van der Waals surface area contributed by atoms with Crippen LogP contribution >= 0.6 is 0 Å². The van der Waals surface area contributed by atoms with E-state index in [1.807, 2.05) is 37.3 Å². The van der Waals surface area contributed by atoms with Gasteiger partial charge in [0.2, 0.25) is 5.91 Å². The highest BCUT2D eigenvalue weighted by molar-refractivity contribution is 5.87. The molecule has 0 saturated carbocycles. The molecule has 110 valence electrons. The summed E-state index contributed by atoms with van der Waals surface area (Å²) in [7, 11) is 1.31. The Balaban J connectivity index is 2.95. The van der Waals surface area contributed by atoms with Crippen molar-refractivity contribution in [1.29, 1.82) is 0 Å². The zero-order valence-electron chi connectivity index (χ0n) is 12.2. The van der Waals surface area contributed by atoms with E-state index >= 15 is 0 Å². The third-order valence-electron chi connectivity index (χ3n) is 3.25. The molecule has 0 fully saturated rings. The van der Waals surface area contributed by atoms with Gasteiger partial charge in [-0.25, -0.2) is 4.79 Å². The first-order valence-electron chi connectivity index (χ1n) is 6.69. The molecule has 2 atom stereocenters. The second-order valence-corrected chi connectivity index (χ2v) is 4.67. The lowest BCUT2D eigenvalue weighted by atomic mass is 10.1. The van der Waals surface area contributed by atoms with Crippen molar-refractivity contribution < 1.29 is 14.3 Å². The van der Waals surface area contributed by atoms with Crippen molar-refractivity contribution in [3.63, 3.8) is 0 Å². The van der Waals surface area contributed by atoms with E-state index in [1.54, 1.807) is 6.92 Å². The Morgan fingerprint density at radius 1 is 1.30 bits per heavy atom. The van der Waals surface area contributed by atoms with Crippen LogP contribution in [0.5, 0.6) is 0 Å². The molecule has 20 heavy (non-hydrogen) atoms. The highest BCUT2D eigenvalue weighted by atomic mass is 16.5. The zero-order valence-corrected chi connectivity index (χ0v) is 12.2. The molecule has 0 radical (unpaired) electrons. The van der Waals surface area contributed by atoms with Crippen LogP contribution in [0.15, 0.2) is 30.3 Å². The van der Waals surface area contributed by atoms with E-state index in [1.165, 1.54) is 12.0 Å².